The van der Waals surface area contributed by atoms with E-state index in [-0.39, 0.29) is 16.7 Å². The van der Waals surface area contributed by atoms with Crippen molar-refractivity contribution in [3.05, 3.63) is 62.6 Å². The van der Waals surface area contributed by atoms with Gasteiger partial charge in [0.25, 0.3) is 10.0 Å². The van der Waals surface area contributed by atoms with Gasteiger partial charge in [-0.1, -0.05) is 29.8 Å². The van der Waals surface area contributed by atoms with Crippen LogP contribution in [0.25, 0.3) is 22.2 Å². The van der Waals surface area contributed by atoms with E-state index < -0.39 is 21.6 Å². The maximum atomic E-state index is 12.9. The number of aromatic nitrogens is 1. The van der Waals surface area contributed by atoms with Gasteiger partial charge >= 0.3 is 5.63 Å². The molecule has 1 N–H and O–H groups in total. The molecule has 1 fully saturated rings. The fourth-order valence-corrected chi connectivity index (χ4v) is 7.72. The molecule has 1 saturated heterocycles. The van der Waals surface area contributed by atoms with E-state index in [1.54, 1.807) is 29.6 Å². The van der Waals surface area contributed by atoms with E-state index in [2.05, 4.69) is 10.3 Å². The Balaban J connectivity index is 1.31. The number of sulfonamides is 1. The summed E-state index contributed by atoms with van der Waals surface area (Å²) in [5, 5.41) is 5.55. The lowest BCUT2D eigenvalue weighted by Gasteiger charge is -2.30. The Labute approximate surface area is 207 Å². The number of fused-ring (bicyclic) bond motifs is 1. The van der Waals surface area contributed by atoms with Crippen molar-refractivity contribution in [2.24, 2.45) is 5.92 Å². The number of amides is 1. The van der Waals surface area contributed by atoms with Gasteiger partial charge in [-0.05, 0) is 37.1 Å². The van der Waals surface area contributed by atoms with Crippen LogP contribution in [0.1, 0.15) is 12.8 Å². The number of hydrogen-bond acceptors (Lipinski definition) is 8. The molecule has 1 unspecified atom stereocenters. The first kappa shape index (κ1) is 23.2. The number of carbonyl (C=O) groups is 1. The third-order valence-corrected chi connectivity index (χ3v) is 9.87. The summed E-state index contributed by atoms with van der Waals surface area (Å²) in [6, 6.07) is 11.9. The van der Waals surface area contributed by atoms with Gasteiger partial charge in [0.05, 0.1) is 21.5 Å². The average molecular weight is 536 g/mol. The maximum absolute atomic E-state index is 12.9. The molecule has 4 aromatic rings. The summed E-state index contributed by atoms with van der Waals surface area (Å²) < 4.78 is 33.1. The molecular weight excluding hydrogens is 518 g/mol. The summed E-state index contributed by atoms with van der Waals surface area (Å²) in [5.41, 5.74) is 0.688. The molecule has 3 aromatic heterocycles. The molecule has 0 radical (unpaired) electrons. The standard InChI is InChI=1S/C22H18ClN3O5S3/c23-18-7-8-19(33-18)34(29,30)26-9-3-5-14(11-26)20(27)25-22-24-16(12-32-22)15-10-13-4-1-2-6-17(13)31-21(15)28/h1-2,4,6-8,10,12,14H,3,5,9,11H2,(H,24,25,27). The summed E-state index contributed by atoms with van der Waals surface area (Å²) in [5.74, 6) is -0.826. The number of hydrogen-bond donors (Lipinski definition) is 1. The molecule has 0 saturated carbocycles. The van der Waals surface area contributed by atoms with Crippen molar-refractivity contribution in [2.75, 3.05) is 18.4 Å². The first-order valence-corrected chi connectivity index (χ1v) is 13.9. The van der Waals surface area contributed by atoms with Crippen LogP contribution >= 0.6 is 34.3 Å². The molecule has 176 valence electrons. The number of halogens is 1. The smallest absolute Gasteiger partial charge is 0.345 e. The van der Waals surface area contributed by atoms with Crippen molar-refractivity contribution < 1.29 is 17.6 Å². The fraction of sp³-hybridized carbons (Fsp3) is 0.227. The quantitative estimate of drug-likeness (QED) is 0.372. The molecule has 0 spiro atoms. The lowest BCUT2D eigenvalue weighted by Crippen LogP contribution is -2.43. The predicted octanol–water partition coefficient (Wildman–Crippen LogP) is 4.67. The van der Waals surface area contributed by atoms with E-state index in [1.807, 2.05) is 12.1 Å². The highest BCUT2D eigenvalue weighted by molar-refractivity contribution is 7.91. The minimum absolute atomic E-state index is 0.0795. The molecule has 8 nitrogen and oxygen atoms in total. The Morgan fingerprint density at radius 1 is 1.24 bits per heavy atom. The molecule has 0 bridgehead atoms. The zero-order chi connectivity index (χ0) is 23.9. The van der Waals surface area contributed by atoms with Gasteiger partial charge in [-0.15, -0.1) is 22.7 Å². The molecular formula is C22H18ClN3O5S3. The third-order valence-electron chi connectivity index (χ3n) is 5.55. The van der Waals surface area contributed by atoms with E-state index >= 15 is 0 Å². The number of nitrogens with zero attached hydrogens (tertiary/aromatic N) is 2. The Kier molecular flexibility index (Phi) is 6.30. The largest absolute Gasteiger partial charge is 0.422 e. The molecule has 1 aliphatic heterocycles. The van der Waals surface area contributed by atoms with Gasteiger partial charge in [-0.3, -0.25) is 4.79 Å². The van der Waals surface area contributed by atoms with Gasteiger partial charge < -0.3 is 9.73 Å². The molecule has 4 heterocycles. The van der Waals surface area contributed by atoms with Crippen molar-refractivity contribution in [3.8, 4) is 11.3 Å². The lowest BCUT2D eigenvalue weighted by atomic mass is 9.99. The van der Waals surface area contributed by atoms with Crippen LogP contribution in [-0.2, 0) is 14.8 Å². The number of rotatable bonds is 5. The number of para-hydroxylation sites is 1. The number of piperidine rings is 1. The summed E-state index contributed by atoms with van der Waals surface area (Å²) in [6.45, 7) is 0.428. The number of nitrogens with one attached hydrogen (secondary N) is 1. The van der Waals surface area contributed by atoms with Crippen LogP contribution in [0.15, 0.2) is 61.3 Å². The Morgan fingerprint density at radius 3 is 2.85 bits per heavy atom. The summed E-state index contributed by atoms with van der Waals surface area (Å²) in [6.07, 6.45) is 1.13. The van der Waals surface area contributed by atoms with Crippen molar-refractivity contribution in [1.29, 1.82) is 0 Å². The van der Waals surface area contributed by atoms with Gasteiger partial charge in [-0.25, -0.2) is 18.2 Å². The average Bonchev–Trinajstić information content (AvgIpc) is 3.48. The van der Waals surface area contributed by atoms with Crippen LogP contribution in [0.4, 0.5) is 5.13 Å². The maximum Gasteiger partial charge on any atom is 0.345 e. The second-order valence-corrected chi connectivity index (χ2v) is 12.5. The first-order chi connectivity index (χ1) is 16.3. The monoisotopic (exact) mass is 535 g/mol. The van der Waals surface area contributed by atoms with E-state index in [9.17, 15) is 18.0 Å². The van der Waals surface area contributed by atoms with Crippen LogP contribution in [0, 0.1) is 5.92 Å². The third kappa shape index (κ3) is 4.53. The van der Waals surface area contributed by atoms with Gasteiger partial charge in [0, 0.05) is 23.9 Å². The second kappa shape index (κ2) is 9.23. The zero-order valence-corrected chi connectivity index (χ0v) is 20.8. The highest BCUT2D eigenvalue weighted by atomic mass is 35.5. The number of anilines is 1. The SMILES string of the molecule is O=C(Nc1nc(-c2cc3ccccc3oc2=O)cs1)C1CCCN(S(=O)(=O)c2ccc(Cl)s2)C1. The Hall–Kier alpha value is -2.57. The summed E-state index contributed by atoms with van der Waals surface area (Å²) in [7, 11) is -3.71. The van der Waals surface area contributed by atoms with E-state index in [0.29, 0.717) is 45.7 Å². The van der Waals surface area contributed by atoms with Crippen molar-refractivity contribution in [1.82, 2.24) is 9.29 Å². The highest BCUT2D eigenvalue weighted by Crippen LogP contribution is 2.31. The number of carbonyl (C=O) groups excluding carboxylic acids is 1. The Bertz CT molecular complexity index is 1540. The van der Waals surface area contributed by atoms with Gasteiger partial charge in [-0.2, -0.15) is 4.31 Å². The predicted molar refractivity (Wildman–Crippen MR) is 133 cm³/mol. The van der Waals surface area contributed by atoms with Crippen molar-refractivity contribution >= 4 is 66.3 Å². The second-order valence-electron chi connectivity index (χ2n) is 7.77. The number of benzene rings is 1. The normalized spacial score (nSPS) is 17.1. The van der Waals surface area contributed by atoms with Crippen LogP contribution in [-0.4, -0.2) is 36.7 Å². The summed E-state index contributed by atoms with van der Waals surface area (Å²) in [4.78, 5) is 29.7. The highest BCUT2D eigenvalue weighted by Gasteiger charge is 2.34. The first-order valence-electron chi connectivity index (χ1n) is 10.4. The minimum atomic E-state index is -3.71. The summed E-state index contributed by atoms with van der Waals surface area (Å²) >= 11 is 8.08. The van der Waals surface area contributed by atoms with Gasteiger partial charge in [0.1, 0.15) is 9.79 Å². The van der Waals surface area contributed by atoms with Gasteiger partial charge in [0.15, 0.2) is 5.13 Å². The molecule has 12 heteroatoms. The van der Waals surface area contributed by atoms with Crippen molar-refractivity contribution in [2.45, 2.75) is 17.1 Å². The molecule has 0 aliphatic carbocycles. The lowest BCUT2D eigenvalue weighted by molar-refractivity contribution is -0.120. The Morgan fingerprint density at radius 2 is 2.06 bits per heavy atom. The topological polar surface area (TPSA) is 110 Å². The molecule has 1 aromatic carbocycles. The molecule has 1 amide bonds. The number of thiophene rings is 1. The van der Waals surface area contributed by atoms with Crippen LogP contribution in [0.2, 0.25) is 4.34 Å². The zero-order valence-electron chi connectivity index (χ0n) is 17.6. The van der Waals surface area contributed by atoms with Crippen LogP contribution < -0.4 is 10.9 Å². The van der Waals surface area contributed by atoms with E-state index in [0.717, 1.165) is 16.7 Å². The van der Waals surface area contributed by atoms with Crippen LogP contribution in [0.5, 0.6) is 0 Å². The van der Waals surface area contributed by atoms with Crippen molar-refractivity contribution in [3.63, 3.8) is 0 Å². The fourth-order valence-electron chi connectivity index (χ4n) is 3.84. The van der Waals surface area contributed by atoms with Crippen LogP contribution in [0.3, 0.4) is 0 Å². The van der Waals surface area contributed by atoms with E-state index in [1.165, 1.54) is 21.7 Å². The van der Waals surface area contributed by atoms with Gasteiger partial charge in [0.2, 0.25) is 5.91 Å². The molecule has 1 atom stereocenters. The van der Waals surface area contributed by atoms with E-state index in [4.69, 9.17) is 16.0 Å². The minimum Gasteiger partial charge on any atom is -0.422 e. The molecule has 5 rings (SSSR count). The molecule has 34 heavy (non-hydrogen) atoms. The molecule has 1 aliphatic rings. The number of thiazole rings is 1.